The molecule has 54 valence electrons. The second kappa shape index (κ2) is 2.20. The summed E-state index contributed by atoms with van der Waals surface area (Å²) in [5.74, 6) is 0.576. The Morgan fingerprint density at radius 3 is 3.20 bits per heavy atom. The minimum atomic E-state index is 0.0394. The maximum Gasteiger partial charge on any atom is 0.105 e. The van der Waals surface area contributed by atoms with Crippen LogP contribution in [0.3, 0.4) is 0 Å². The molecule has 1 saturated heterocycles. The summed E-state index contributed by atoms with van der Waals surface area (Å²) in [4.78, 5) is 0. The summed E-state index contributed by atoms with van der Waals surface area (Å²) in [7, 11) is 0. The number of halogens is 1. The van der Waals surface area contributed by atoms with Crippen LogP contribution in [-0.4, -0.2) is 13.1 Å². The summed E-state index contributed by atoms with van der Waals surface area (Å²) >= 11 is 0. The molecule has 1 aliphatic carbocycles. The molecule has 2 rings (SSSR count). The van der Waals surface area contributed by atoms with Crippen LogP contribution in [-0.2, 0) is 0 Å². The van der Waals surface area contributed by atoms with E-state index in [4.69, 9.17) is 0 Å². The molecule has 1 N–H and O–H groups in total. The van der Waals surface area contributed by atoms with E-state index in [1.54, 1.807) is 6.08 Å². The van der Waals surface area contributed by atoms with Gasteiger partial charge in [0.2, 0.25) is 0 Å². The SMILES string of the molecule is FC1=CC=CC2CNCC12. The molecular formula is C8H10FN. The molecule has 1 heterocycles. The summed E-state index contributed by atoms with van der Waals surface area (Å²) in [5, 5.41) is 3.16. The van der Waals surface area contributed by atoms with Crippen molar-refractivity contribution in [2.45, 2.75) is 0 Å². The molecule has 0 radical (unpaired) electrons. The van der Waals surface area contributed by atoms with Crippen molar-refractivity contribution in [3.63, 3.8) is 0 Å². The summed E-state index contributed by atoms with van der Waals surface area (Å²) < 4.78 is 12.9. The minimum Gasteiger partial charge on any atom is -0.315 e. The zero-order chi connectivity index (χ0) is 6.97. The van der Waals surface area contributed by atoms with Crippen molar-refractivity contribution in [2.75, 3.05) is 13.1 Å². The minimum absolute atomic E-state index is 0.0394. The summed E-state index contributed by atoms with van der Waals surface area (Å²) in [5.41, 5.74) is 0. The van der Waals surface area contributed by atoms with Gasteiger partial charge in [0.05, 0.1) is 0 Å². The van der Waals surface area contributed by atoms with Crippen LogP contribution in [0.2, 0.25) is 0 Å². The van der Waals surface area contributed by atoms with E-state index in [0.29, 0.717) is 5.92 Å². The zero-order valence-corrected chi connectivity index (χ0v) is 5.68. The quantitative estimate of drug-likeness (QED) is 0.532. The fraction of sp³-hybridized carbons (Fsp3) is 0.500. The molecule has 2 unspecified atom stereocenters. The fourth-order valence-electron chi connectivity index (χ4n) is 1.62. The standard InChI is InChI=1S/C8H10FN/c9-8-3-1-2-6-4-10-5-7(6)8/h1-3,6-7,10H,4-5H2. The third-order valence-corrected chi connectivity index (χ3v) is 2.23. The fourth-order valence-corrected chi connectivity index (χ4v) is 1.62. The number of hydrogen-bond acceptors (Lipinski definition) is 1. The van der Waals surface area contributed by atoms with E-state index in [2.05, 4.69) is 11.4 Å². The molecule has 0 bridgehead atoms. The first-order chi connectivity index (χ1) is 4.88. The Hall–Kier alpha value is -0.630. The first kappa shape index (κ1) is 6.10. The van der Waals surface area contributed by atoms with Crippen molar-refractivity contribution >= 4 is 0 Å². The maximum atomic E-state index is 12.9. The molecule has 10 heavy (non-hydrogen) atoms. The van der Waals surface area contributed by atoms with Gasteiger partial charge in [-0.2, -0.15) is 0 Å². The summed E-state index contributed by atoms with van der Waals surface area (Å²) in [6.07, 6.45) is 5.45. The average molecular weight is 139 g/mol. The molecule has 1 fully saturated rings. The molecule has 2 aliphatic rings. The van der Waals surface area contributed by atoms with E-state index < -0.39 is 0 Å². The lowest BCUT2D eigenvalue weighted by molar-refractivity contribution is 0.438. The predicted molar refractivity (Wildman–Crippen MR) is 38.2 cm³/mol. The van der Waals surface area contributed by atoms with Gasteiger partial charge < -0.3 is 5.32 Å². The maximum absolute atomic E-state index is 12.9. The third kappa shape index (κ3) is 0.797. The van der Waals surface area contributed by atoms with Gasteiger partial charge in [0, 0.05) is 19.0 Å². The van der Waals surface area contributed by atoms with E-state index in [0.717, 1.165) is 13.1 Å². The van der Waals surface area contributed by atoms with Crippen LogP contribution in [0.25, 0.3) is 0 Å². The van der Waals surface area contributed by atoms with E-state index in [1.165, 1.54) is 0 Å². The topological polar surface area (TPSA) is 12.0 Å². The average Bonchev–Trinajstić information content (AvgIpc) is 2.36. The van der Waals surface area contributed by atoms with Gasteiger partial charge in [0.25, 0.3) is 0 Å². The van der Waals surface area contributed by atoms with Crippen molar-refractivity contribution in [1.29, 1.82) is 0 Å². The highest BCUT2D eigenvalue weighted by molar-refractivity contribution is 5.21. The van der Waals surface area contributed by atoms with E-state index in [9.17, 15) is 4.39 Å². The van der Waals surface area contributed by atoms with Crippen LogP contribution >= 0.6 is 0 Å². The molecule has 2 atom stereocenters. The van der Waals surface area contributed by atoms with Gasteiger partial charge in [-0.3, -0.25) is 0 Å². The van der Waals surface area contributed by atoms with Gasteiger partial charge >= 0.3 is 0 Å². The van der Waals surface area contributed by atoms with Crippen LogP contribution in [0.1, 0.15) is 0 Å². The summed E-state index contributed by atoms with van der Waals surface area (Å²) in [6, 6.07) is 0. The molecule has 0 amide bonds. The Morgan fingerprint density at radius 2 is 2.40 bits per heavy atom. The van der Waals surface area contributed by atoms with Gasteiger partial charge in [-0.05, 0) is 12.0 Å². The van der Waals surface area contributed by atoms with E-state index in [1.807, 2.05) is 6.08 Å². The second-order valence-corrected chi connectivity index (χ2v) is 2.87. The van der Waals surface area contributed by atoms with E-state index in [-0.39, 0.29) is 11.7 Å². The van der Waals surface area contributed by atoms with Gasteiger partial charge in [-0.1, -0.05) is 12.2 Å². The van der Waals surface area contributed by atoms with Crippen LogP contribution in [0.4, 0.5) is 4.39 Å². The van der Waals surface area contributed by atoms with Gasteiger partial charge in [-0.15, -0.1) is 0 Å². The number of rotatable bonds is 0. The first-order valence-corrected chi connectivity index (χ1v) is 3.62. The molecule has 0 aromatic carbocycles. The molecule has 2 heteroatoms. The highest BCUT2D eigenvalue weighted by Crippen LogP contribution is 2.29. The zero-order valence-electron chi connectivity index (χ0n) is 5.68. The Balaban J connectivity index is 2.24. The van der Waals surface area contributed by atoms with Gasteiger partial charge in [0.15, 0.2) is 0 Å². The lowest BCUT2D eigenvalue weighted by atomic mass is 9.91. The highest BCUT2D eigenvalue weighted by atomic mass is 19.1. The molecule has 0 aromatic rings. The highest BCUT2D eigenvalue weighted by Gasteiger charge is 2.29. The van der Waals surface area contributed by atoms with Crippen molar-refractivity contribution in [3.05, 3.63) is 24.1 Å². The Morgan fingerprint density at radius 1 is 1.50 bits per heavy atom. The number of fused-ring (bicyclic) bond motifs is 1. The lowest BCUT2D eigenvalue weighted by Gasteiger charge is -2.15. The molecule has 0 spiro atoms. The van der Waals surface area contributed by atoms with E-state index >= 15 is 0 Å². The Labute approximate surface area is 59.6 Å². The largest absolute Gasteiger partial charge is 0.315 e. The van der Waals surface area contributed by atoms with Crippen LogP contribution in [0.15, 0.2) is 24.1 Å². The Bertz CT molecular complexity index is 195. The predicted octanol–water partition coefficient (Wildman–Crippen LogP) is 1.25. The second-order valence-electron chi connectivity index (χ2n) is 2.87. The van der Waals surface area contributed by atoms with Crippen molar-refractivity contribution < 1.29 is 4.39 Å². The lowest BCUT2D eigenvalue weighted by Crippen LogP contribution is -2.12. The van der Waals surface area contributed by atoms with Crippen molar-refractivity contribution in [2.24, 2.45) is 11.8 Å². The van der Waals surface area contributed by atoms with Crippen molar-refractivity contribution in [1.82, 2.24) is 5.32 Å². The third-order valence-electron chi connectivity index (χ3n) is 2.23. The monoisotopic (exact) mass is 139 g/mol. The molecular weight excluding hydrogens is 129 g/mol. The van der Waals surface area contributed by atoms with Crippen molar-refractivity contribution in [3.8, 4) is 0 Å². The number of hydrogen-bond donors (Lipinski definition) is 1. The normalized spacial score (nSPS) is 37.5. The smallest absolute Gasteiger partial charge is 0.105 e. The van der Waals surface area contributed by atoms with Crippen LogP contribution in [0.5, 0.6) is 0 Å². The molecule has 0 saturated carbocycles. The van der Waals surface area contributed by atoms with Crippen LogP contribution in [0, 0.1) is 11.8 Å². The summed E-state index contributed by atoms with van der Waals surface area (Å²) in [6.45, 7) is 1.74. The first-order valence-electron chi connectivity index (χ1n) is 3.62. The molecule has 0 aromatic heterocycles. The number of allylic oxidation sites excluding steroid dienone is 2. The molecule has 1 aliphatic heterocycles. The van der Waals surface area contributed by atoms with Gasteiger partial charge in [-0.25, -0.2) is 4.39 Å². The van der Waals surface area contributed by atoms with Crippen LogP contribution < -0.4 is 5.32 Å². The number of nitrogens with one attached hydrogen (secondary N) is 1. The molecule has 1 nitrogen and oxygen atoms in total. The Kier molecular flexibility index (Phi) is 1.34. The van der Waals surface area contributed by atoms with Gasteiger partial charge in [0.1, 0.15) is 5.83 Å².